The van der Waals surface area contributed by atoms with Crippen molar-refractivity contribution < 1.29 is 0 Å². The lowest BCUT2D eigenvalue weighted by Crippen LogP contribution is -2.23. The number of para-hydroxylation sites is 1. The van der Waals surface area contributed by atoms with Crippen LogP contribution in [0.25, 0.3) is 33.4 Å². The predicted molar refractivity (Wildman–Crippen MR) is 112 cm³/mol. The topological polar surface area (TPSA) is 25.8 Å². The number of nitrogens with zero attached hydrogens (tertiary/aromatic N) is 2. The lowest BCUT2D eigenvalue weighted by Gasteiger charge is -2.29. The zero-order chi connectivity index (χ0) is 18.4. The largest absolute Gasteiger partial charge is 0.255 e. The Bertz CT molecular complexity index is 1160. The number of hydrogen-bond acceptors (Lipinski definition) is 2. The Morgan fingerprint density at radius 3 is 2.44 bits per heavy atom. The molecule has 5 rings (SSSR count). The summed E-state index contributed by atoms with van der Waals surface area (Å²) in [7, 11) is 0. The maximum absolute atomic E-state index is 4.91. The zero-order valence-electron chi connectivity index (χ0n) is 15.7. The molecule has 2 heterocycles. The molecular formula is C25H22N2. The van der Waals surface area contributed by atoms with Crippen LogP contribution in [0.4, 0.5) is 0 Å². The van der Waals surface area contributed by atoms with Crippen molar-refractivity contribution in [2.45, 2.75) is 32.1 Å². The van der Waals surface area contributed by atoms with E-state index in [0.29, 0.717) is 0 Å². The fraction of sp³-hybridized carbons (Fsp3) is 0.200. The van der Waals surface area contributed by atoms with E-state index in [1.165, 1.54) is 22.1 Å². The van der Waals surface area contributed by atoms with Crippen molar-refractivity contribution in [3.8, 4) is 22.5 Å². The number of benzene rings is 2. The van der Waals surface area contributed by atoms with Gasteiger partial charge in [-0.1, -0.05) is 62.4 Å². The van der Waals surface area contributed by atoms with Crippen molar-refractivity contribution in [1.82, 2.24) is 9.97 Å². The first-order valence-corrected chi connectivity index (χ1v) is 9.73. The average Bonchev–Trinajstić information content (AvgIpc) is 3.03. The predicted octanol–water partition coefficient (Wildman–Crippen LogP) is 6.38. The van der Waals surface area contributed by atoms with E-state index in [4.69, 9.17) is 9.97 Å². The van der Waals surface area contributed by atoms with Gasteiger partial charge in [-0.2, -0.15) is 0 Å². The van der Waals surface area contributed by atoms with E-state index in [-0.39, 0.29) is 5.41 Å². The SMILES string of the molecule is CCC1(CC)c2ccccc2-c2ncc(-c3ccc4ccccc4n3)cc21. The smallest absolute Gasteiger partial charge is 0.0746 e. The van der Waals surface area contributed by atoms with Crippen molar-refractivity contribution >= 4 is 10.9 Å². The van der Waals surface area contributed by atoms with Gasteiger partial charge in [-0.25, -0.2) is 4.98 Å². The highest BCUT2D eigenvalue weighted by molar-refractivity contribution is 5.83. The Kier molecular flexibility index (Phi) is 3.61. The van der Waals surface area contributed by atoms with Gasteiger partial charge in [0, 0.05) is 28.1 Å². The first-order chi connectivity index (χ1) is 13.3. The van der Waals surface area contributed by atoms with Crippen LogP contribution < -0.4 is 0 Å². The molecule has 0 saturated heterocycles. The van der Waals surface area contributed by atoms with E-state index in [1.807, 2.05) is 12.3 Å². The molecule has 2 aromatic carbocycles. The molecule has 0 amide bonds. The molecule has 132 valence electrons. The van der Waals surface area contributed by atoms with Gasteiger partial charge in [0.15, 0.2) is 0 Å². The molecule has 0 unspecified atom stereocenters. The van der Waals surface area contributed by atoms with Crippen molar-refractivity contribution in [2.75, 3.05) is 0 Å². The van der Waals surface area contributed by atoms with Gasteiger partial charge in [0.25, 0.3) is 0 Å². The normalized spacial score (nSPS) is 14.1. The van der Waals surface area contributed by atoms with E-state index >= 15 is 0 Å². The molecule has 0 fully saturated rings. The molecule has 4 aromatic rings. The Labute approximate surface area is 159 Å². The van der Waals surface area contributed by atoms with Crippen molar-refractivity contribution in [3.63, 3.8) is 0 Å². The second-order valence-corrected chi connectivity index (χ2v) is 7.34. The summed E-state index contributed by atoms with van der Waals surface area (Å²) in [5.74, 6) is 0. The van der Waals surface area contributed by atoms with Crippen molar-refractivity contribution in [1.29, 1.82) is 0 Å². The summed E-state index contributed by atoms with van der Waals surface area (Å²) in [6.07, 6.45) is 4.13. The molecule has 2 heteroatoms. The summed E-state index contributed by atoms with van der Waals surface area (Å²) in [6, 6.07) is 23.6. The fourth-order valence-corrected chi connectivity index (χ4v) is 4.67. The second kappa shape index (κ2) is 6.02. The average molecular weight is 350 g/mol. The standard InChI is InChI=1S/C25H22N2/c1-3-25(4-2)20-11-7-6-10-19(20)24-21(25)15-18(16-26-24)23-14-13-17-9-5-8-12-22(17)27-23/h5-16H,3-4H2,1-2H3. The minimum Gasteiger partial charge on any atom is -0.255 e. The quantitative estimate of drug-likeness (QED) is 0.428. The fourth-order valence-electron chi connectivity index (χ4n) is 4.67. The number of fused-ring (bicyclic) bond motifs is 4. The first kappa shape index (κ1) is 16.2. The summed E-state index contributed by atoms with van der Waals surface area (Å²) in [5.41, 5.74) is 8.34. The van der Waals surface area contributed by atoms with Crippen molar-refractivity contribution in [2.24, 2.45) is 0 Å². The van der Waals surface area contributed by atoms with Gasteiger partial charge in [0.05, 0.1) is 16.9 Å². The lowest BCUT2D eigenvalue weighted by atomic mass is 9.74. The molecule has 0 N–H and O–H groups in total. The third kappa shape index (κ3) is 2.26. The minimum atomic E-state index is 0.0474. The molecule has 0 aliphatic heterocycles. The highest BCUT2D eigenvalue weighted by Gasteiger charge is 2.41. The molecule has 1 aliphatic rings. The molecule has 0 atom stereocenters. The highest BCUT2D eigenvalue weighted by Crippen LogP contribution is 2.52. The summed E-state index contributed by atoms with van der Waals surface area (Å²) in [6.45, 7) is 4.58. The Morgan fingerprint density at radius 2 is 1.59 bits per heavy atom. The Morgan fingerprint density at radius 1 is 0.815 bits per heavy atom. The maximum Gasteiger partial charge on any atom is 0.0746 e. The van der Waals surface area contributed by atoms with Crippen LogP contribution in [0.15, 0.2) is 72.9 Å². The second-order valence-electron chi connectivity index (χ2n) is 7.34. The highest BCUT2D eigenvalue weighted by atomic mass is 14.7. The molecule has 0 radical (unpaired) electrons. The summed E-state index contributed by atoms with van der Waals surface area (Å²) < 4.78 is 0. The van der Waals surface area contributed by atoms with Gasteiger partial charge in [-0.3, -0.25) is 4.98 Å². The van der Waals surface area contributed by atoms with Crippen LogP contribution in [0.2, 0.25) is 0 Å². The molecule has 2 nitrogen and oxygen atoms in total. The van der Waals surface area contributed by atoms with Gasteiger partial charge >= 0.3 is 0 Å². The lowest BCUT2D eigenvalue weighted by molar-refractivity contribution is 0.490. The number of rotatable bonds is 3. The third-order valence-electron chi connectivity index (χ3n) is 6.20. The van der Waals surface area contributed by atoms with Crippen LogP contribution in [0, 0.1) is 0 Å². The van der Waals surface area contributed by atoms with Crippen LogP contribution in [0.3, 0.4) is 0 Å². The van der Waals surface area contributed by atoms with Crippen LogP contribution in [0.5, 0.6) is 0 Å². The Balaban J connectivity index is 1.72. The number of pyridine rings is 2. The molecule has 1 aliphatic carbocycles. The summed E-state index contributed by atoms with van der Waals surface area (Å²) in [4.78, 5) is 9.79. The number of aromatic nitrogens is 2. The summed E-state index contributed by atoms with van der Waals surface area (Å²) >= 11 is 0. The third-order valence-corrected chi connectivity index (χ3v) is 6.20. The van der Waals surface area contributed by atoms with E-state index in [9.17, 15) is 0 Å². The molecule has 27 heavy (non-hydrogen) atoms. The van der Waals surface area contributed by atoms with E-state index in [2.05, 4.69) is 74.5 Å². The molecule has 0 bridgehead atoms. The van der Waals surface area contributed by atoms with Gasteiger partial charge in [0.2, 0.25) is 0 Å². The van der Waals surface area contributed by atoms with E-state index < -0.39 is 0 Å². The van der Waals surface area contributed by atoms with Gasteiger partial charge in [-0.15, -0.1) is 0 Å². The minimum absolute atomic E-state index is 0.0474. The van der Waals surface area contributed by atoms with Crippen LogP contribution in [0.1, 0.15) is 37.8 Å². The molecular weight excluding hydrogens is 328 g/mol. The monoisotopic (exact) mass is 350 g/mol. The van der Waals surface area contributed by atoms with Gasteiger partial charge < -0.3 is 0 Å². The number of hydrogen-bond donors (Lipinski definition) is 0. The van der Waals surface area contributed by atoms with Gasteiger partial charge in [-0.05, 0) is 42.2 Å². The molecule has 2 aromatic heterocycles. The van der Waals surface area contributed by atoms with E-state index in [0.717, 1.165) is 35.3 Å². The first-order valence-electron chi connectivity index (χ1n) is 9.73. The van der Waals surface area contributed by atoms with Crippen LogP contribution >= 0.6 is 0 Å². The molecule has 0 spiro atoms. The molecule has 0 saturated carbocycles. The van der Waals surface area contributed by atoms with Crippen LogP contribution in [-0.2, 0) is 5.41 Å². The Hall–Kier alpha value is -3.00. The maximum atomic E-state index is 4.91. The summed E-state index contributed by atoms with van der Waals surface area (Å²) in [5, 5.41) is 1.17. The van der Waals surface area contributed by atoms with Crippen LogP contribution in [-0.4, -0.2) is 9.97 Å². The zero-order valence-corrected chi connectivity index (χ0v) is 15.7. The van der Waals surface area contributed by atoms with Crippen molar-refractivity contribution in [3.05, 3.63) is 84.1 Å². The van der Waals surface area contributed by atoms with E-state index in [1.54, 1.807) is 0 Å². The van der Waals surface area contributed by atoms with Gasteiger partial charge in [0.1, 0.15) is 0 Å².